The summed E-state index contributed by atoms with van der Waals surface area (Å²) in [5, 5.41) is 2.71. The van der Waals surface area contributed by atoms with Crippen LogP contribution in [0.5, 0.6) is 0 Å². The molecule has 0 aromatic carbocycles. The summed E-state index contributed by atoms with van der Waals surface area (Å²) < 4.78 is 9.73. The van der Waals surface area contributed by atoms with Gasteiger partial charge in [0, 0.05) is 21.1 Å². The van der Waals surface area contributed by atoms with Crippen LogP contribution in [0.3, 0.4) is 0 Å². The minimum absolute atomic E-state index is 0. The summed E-state index contributed by atoms with van der Waals surface area (Å²) in [4.78, 5) is 31.4. The summed E-state index contributed by atoms with van der Waals surface area (Å²) in [5.74, 6) is 1.35. The van der Waals surface area contributed by atoms with Crippen LogP contribution in [0.1, 0.15) is 47.0 Å². The molecule has 9 nitrogen and oxygen atoms in total. The zero-order valence-corrected chi connectivity index (χ0v) is 24.3. The minimum atomic E-state index is -0.854. The molecule has 0 amide bonds. The predicted molar refractivity (Wildman–Crippen MR) is 146 cm³/mol. The van der Waals surface area contributed by atoms with E-state index in [9.17, 15) is 14.5 Å². The maximum atomic E-state index is 10.9. The van der Waals surface area contributed by atoms with E-state index in [1.54, 1.807) is 12.2 Å². The molecule has 212 valence electrons. The zero-order valence-electron chi connectivity index (χ0n) is 22.0. The molecule has 0 aliphatic heterocycles. The van der Waals surface area contributed by atoms with Crippen LogP contribution < -0.4 is 0 Å². The predicted octanol–water partition coefficient (Wildman–Crippen LogP) is 5.45. The summed E-state index contributed by atoms with van der Waals surface area (Å²) in [5.41, 5.74) is 16.9. The van der Waals surface area contributed by atoms with Gasteiger partial charge in [-0.05, 0) is 56.0 Å². The van der Waals surface area contributed by atoms with Crippen LogP contribution in [-0.4, -0.2) is 49.3 Å². The number of allylic oxidation sites excluding steroid dienone is 5. The van der Waals surface area contributed by atoms with Gasteiger partial charge in [-0.3, -0.25) is 9.59 Å². The van der Waals surface area contributed by atoms with Gasteiger partial charge in [-0.25, -0.2) is 0 Å². The largest absolute Gasteiger partial charge is 0.666 e. The molecule has 1 rings (SSSR count). The Morgan fingerprint density at radius 1 is 1.22 bits per heavy atom. The zero-order chi connectivity index (χ0) is 27.1. The summed E-state index contributed by atoms with van der Waals surface area (Å²) >= 11 is 0. The Morgan fingerprint density at radius 3 is 2.24 bits per heavy atom. The fraction of sp³-hybridized carbons (Fsp3) is 0.444. The fourth-order valence-corrected chi connectivity index (χ4v) is 2.21. The van der Waals surface area contributed by atoms with Gasteiger partial charge in [0.15, 0.2) is 0 Å². The first-order chi connectivity index (χ1) is 16.6. The van der Waals surface area contributed by atoms with E-state index >= 15 is 0 Å². The number of nitroso groups, excluding NO2 is 1. The van der Waals surface area contributed by atoms with Gasteiger partial charge < -0.3 is 33.3 Å². The van der Waals surface area contributed by atoms with Crippen LogP contribution in [-0.2, 0) is 40.1 Å². The van der Waals surface area contributed by atoms with E-state index in [0.29, 0.717) is 13.2 Å². The third-order valence-corrected chi connectivity index (χ3v) is 4.00. The number of nitrogens with zero attached hydrogens (tertiary/aromatic N) is 1. The molecule has 10 heteroatoms. The first kappa shape index (κ1) is 41.5. The number of hydrogen-bond donors (Lipinski definition) is 0. The molecular formula is C27H40N3O6Pt-3. The number of nitrogens with one attached hydrogen (secondary N) is 2. The number of carbonyl (C=O) groups is 2. The molecule has 0 fully saturated rings. The maximum absolute atomic E-state index is 10.9. The van der Waals surface area contributed by atoms with E-state index < -0.39 is 24.0 Å². The van der Waals surface area contributed by atoms with Crippen molar-refractivity contribution in [2.24, 2.45) is 5.18 Å². The second-order valence-electron chi connectivity index (χ2n) is 7.43. The molecular weight excluding hydrogens is 657 g/mol. The quantitative estimate of drug-likeness (QED) is 0.0740. The van der Waals surface area contributed by atoms with Crippen molar-refractivity contribution in [3.8, 4) is 12.3 Å². The third kappa shape index (κ3) is 26.2. The van der Waals surface area contributed by atoms with E-state index in [-0.39, 0.29) is 33.1 Å². The molecule has 0 unspecified atom stereocenters. The van der Waals surface area contributed by atoms with Crippen molar-refractivity contribution in [3.63, 3.8) is 0 Å². The fourth-order valence-electron chi connectivity index (χ4n) is 2.21. The number of esters is 2. The van der Waals surface area contributed by atoms with Gasteiger partial charge in [0.1, 0.15) is 19.8 Å². The Morgan fingerprint density at radius 2 is 1.81 bits per heavy atom. The Hall–Kier alpha value is -2.63. The van der Waals surface area contributed by atoms with Crippen molar-refractivity contribution in [3.05, 3.63) is 82.5 Å². The van der Waals surface area contributed by atoms with Crippen molar-refractivity contribution < 1.29 is 45.6 Å². The maximum Gasteiger partial charge on any atom is 0.287 e. The Bertz CT molecular complexity index is 838. The molecule has 0 spiro atoms. The molecule has 4 N–H and O–H groups in total. The Labute approximate surface area is 236 Å². The Balaban J connectivity index is -0.000000222. The minimum Gasteiger partial charge on any atom is -0.666 e. The van der Waals surface area contributed by atoms with Crippen molar-refractivity contribution in [2.75, 3.05) is 19.8 Å². The molecule has 1 aliphatic carbocycles. The summed E-state index contributed by atoms with van der Waals surface area (Å²) in [6.07, 6.45) is 21.0. The molecule has 2 atom stereocenters. The van der Waals surface area contributed by atoms with Gasteiger partial charge in [-0.15, -0.1) is 12.5 Å². The van der Waals surface area contributed by atoms with Crippen molar-refractivity contribution >= 4 is 11.9 Å². The molecule has 0 saturated carbocycles. The van der Waals surface area contributed by atoms with Crippen LogP contribution in [0.25, 0.3) is 11.5 Å². The number of carbonyl (C=O) groups excluding carboxylic acids is 2. The first-order valence-corrected chi connectivity index (χ1v) is 11.3. The monoisotopic (exact) mass is 697 g/mol. The van der Waals surface area contributed by atoms with Crippen molar-refractivity contribution in [1.82, 2.24) is 0 Å². The van der Waals surface area contributed by atoms with Crippen LogP contribution >= 0.6 is 0 Å². The summed E-state index contributed by atoms with van der Waals surface area (Å²) in [6, 6.07) is -1.64. The summed E-state index contributed by atoms with van der Waals surface area (Å²) in [6.45, 7) is 11.0. The topological polar surface area (TPSA) is 161 Å². The average molecular weight is 698 g/mol. The van der Waals surface area contributed by atoms with Crippen LogP contribution in [0.4, 0.5) is 0 Å². The molecule has 1 aliphatic rings. The third-order valence-electron chi connectivity index (χ3n) is 4.00. The van der Waals surface area contributed by atoms with Crippen LogP contribution in [0, 0.1) is 24.2 Å². The van der Waals surface area contributed by atoms with Gasteiger partial charge in [0.25, 0.3) is 11.9 Å². The normalized spacial score (nSPS) is 13.9. The van der Waals surface area contributed by atoms with E-state index in [2.05, 4.69) is 30.2 Å². The van der Waals surface area contributed by atoms with E-state index in [0.717, 1.165) is 36.0 Å². The molecule has 37 heavy (non-hydrogen) atoms. The van der Waals surface area contributed by atoms with Crippen molar-refractivity contribution in [1.29, 1.82) is 0 Å². The second-order valence-corrected chi connectivity index (χ2v) is 7.43. The van der Waals surface area contributed by atoms with E-state index in [1.165, 1.54) is 19.9 Å². The van der Waals surface area contributed by atoms with E-state index in [1.807, 2.05) is 26.0 Å². The van der Waals surface area contributed by atoms with Crippen LogP contribution in [0.15, 0.2) is 64.4 Å². The Kier molecular flexibility index (Phi) is 31.3. The standard InChI is InChI=1S/C11H14NO2.C10H14NO2.C6H10NO.H2O.Pt/c1-4-6-10(7-5-2)8-14-11(13)9(3)12;1-8(11)10(12)13-7-9-5-3-2-4-6-9;1-3-4-6(2)5-7-8;;/h1,5-7,9,12H,8H2,2-3H3;3,5-6,8,11H,2,4,7H2,1H3;4H,1,3,5H2,2H3;1H2;/q3*-1;;/b7-5-,10-6+;;6-4+;;/t9-;8-;;;/m00.../s1. The molecule has 0 bridgehead atoms. The van der Waals surface area contributed by atoms with Gasteiger partial charge in [-0.1, -0.05) is 60.9 Å². The first-order valence-electron chi connectivity index (χ1n) is 11.3. The summed E-state index contributed by atoms with van der Waals surface area (Å²) in [7, 11) is 0. The van der Waals surface area contributed by atoms with Gasteiger partial charge >= 0.3 is 0 Å². The van der Waals surface area contributed by atoms with Gasteiger partial charge in [0.2, 0.25) is 0 Å². The van der Waals surface area contributed by atoms with Crippen LogP contribution in [0.2, 0.25) is 0 Å². The molecule has 0 heterocycles. The number of ether oxygens (including phenoxy) is 2. The average Bonchev–Trinajstić information content (AvgIpc) is 2.82. The molecule has 0 aromatic heterocycles. The smallest absolute Gasteiger partial charge is 0.287 e. The van der Waals surface area contributed by atoms with Gasteiger partial charge in [0.05, 0.1) is 0 Å². The second kappa shape index (κ2) is 27.9. The number of hydrogen-bond acceptors (Lipinski definition) is 6. The van der Waals surface area contributed by atoms with Gasteiger partial charge in [-0.2, -0.15) is 11.3 Å². The van der Waals surface area contributed by atoms with E-state index in [4.69, 9.17) is 27.4 Å². The van der Waals surface area contributed by atoms with Crippen molar-refractivity contribution in [2.45, 2.75) is 59.0 Å². The molecule has 0 radical (unpaired) electrons. The molecule has 0 saturated heterocycles. The number of rotatable bonds is 10. The molecule has 0 aromatic rings. The SMILES string of the molecule is C#C/C=C(\C=C/C)COC(=O)[C@H](C)[NH-].C[C@H]([NH-])C(=O)OCC1=CCCC=C1.O.[CH2-]C/C=C(\C)CN=O.[Pt]. The number of terminal acetylenes is 1.